The third kappa shape index (κ3) is 4.46. The van der Waals surface area contributed by atoms with Gasteiger partial charge in [-0.1, -0.05) is 36.4 Å². The number of allylic oxidation sites excluding steroid dienone is 1. The average molecular weight is 498 g/mol. The molecular formula is C29H31N5OS. The molecule has 1 amide bonds. The van der Waals surface area contributed by atoms with Crippen molar-refractivity contribution in [1.29, 1.82) is 0 Å². The Morgan fingerprint density at radius 2 is 1.86 bits per heavy atom. The molecule has 1 fully saturated rings. The van der Waals surface area contributed by atoms with Gasteiger partial charge in [0.15, 0.2) is 5.11 Å². The maximum Gasteiger partial charge on any atom is 0.244 e. The minimum absolute atomic E-state index is 0.0624. The fraction of sp³-hybridized carbons (Fsp3) is 0.276. The highest BCUT2D eigenvalue weighted by Crippen LogP contribution is 2.43. The van der Waals surface area contributed by atoms with Crippen LogP contribution in [0.25, 0.3) is 5.57 Å². The Balaban J connectivity index is 1.52. The van der Waals surface area contributed by atoms with Crippen molar-refractivity contribution in [3.63, 3.8) is 0 Å². The molecule has 2 aromatic carbocycles. The van der Waals surface area contributed by atoms with Crippen LogP contribution in [0.2, 0.25) is 0 Å². The summed E-state index contributed by atoms with van der Waals surface area (Å²) in [5.41, 5.74) is 6.31. The summed E-state index contributed by atoms with van der Waals surface area (Å²) in [6.45, 7) is 6.73. The molecule has 0 spiro atoms. The largest absolute Gasteiger partial charge is 0.366 e. The van der Waals surface area contributed by atoms with Gasteiger partial charge < -0.3 is 20.4 Å². The summed E-state index contributed by atoms with van der Waals surface area (Å²) in [5.74, 6) is -0.118. The highest BCUT2D eigenvalue weighted by molar-refractivity contribution is 7.80. The fourth-order valence-corrected chi connectivity index (χ4v) is 5.48. The molecule has 6 nitrogen and oxygen atoms in total. The molecule has 2 atom stereocenters. The van der Waals surface area contributed by atoms with Crippen LogP contribution in [-0.4, -0.2) is 40.0 Å². The first kappa shape index (κ1) is 24.0. The summed E-state index contributed by atoms with van der Waals surface area (Å²) in [5, 5.41) is 6.97. The van der Waals surface area contributed by atoms with Crippen LogP contribution in [0.1, 0.15) is 49.7 Å². The smallest absolute Gasteiger partial charge is 0.244 e. The zero-order chi connectivity index (χ0) is 25.4. The van der Waals surface area contributed by atoms with E-state index in [9.17, 15) is 4.79 Å². The number of likely N-dealkylation sites (N-methyl/N-ethyl adjacent to an activating group) is 1. The molecule has 2 N–H and O–H groups in total. The topological polar surface area (TPSA) is 60.5 Å². The van der Waals surface area contributed by atoms with Crippen LogP contribution < -0.4 is 15.5 Å². The van der Waals surface area contributed by atoms with Crippen molar-refractivity contribution in [1.82, 2.24) is 15.2 Å². The van der Waals surface area contributed by atoms with E-state index in [0.29, 0.717) is 5.11 Å². The van der Waals surface area contributed by atoms with Crippen LogP contribution in [0.4, 0.5) is 11.4 Å². The summed E-state index contributed by atoms with van der Waals surface area (Å²) in [6, 6.07) is 21.6. The van der Waals surface area contributed by atoms with E-state index in [1.165, 1.54) is 16.8 Å². The number of anilines is 2. The fourth-order valence-electron chi connectivity index (χ4n) is 5.18. The number of nitrogens with one attached hydrogen (secondary N) is 2. The first-order chi connectivity index (χ1) is 17.2. The van der Waals surface area contributed by atoms with E-state index in [0.717, 1.165) is 16.9 Å². The number of hydrogen-bond donors (Lipinski definition) is 2. The first-order valence-corrected chi connectivity index (χ1v) is 12.6. The van der Waals surface area contributed by atoms with Gasteiger partial charge in [0, 0.05) is 30.2 Å². The predicted octanol–water partition coefficient (Wildman–Crippen LogP) is 5.32. The lowest BCUT2D eigenvalue weighted by atomic mass is 9.86. The highest BCUT2D eigenvalue weighted by atomic mass is 32.1. The molecule has 184 valence electrons. The molecule has 0 saturated carbocycles. The molecular weight excluding hydrogens is 466 g/mol. The number of aromatic nitrogens is 1. The molecule has 2 aliphatic rings. The number of thiocarbonyl (C=S) groups is 1. The Morgan fingerprint density at radius 1 is 1.11 bits per heavy atom. The number of carbonyl (C=O) groups excluding carboxylic acids is 1. The summed E-state index contributed by atoms with van der Waals surface area (Å²) in [7, 11) is 2.13. The molecule has 0 bridgehead atoms. The van der Waals surface area contributed by atoms with Crippen molar-refractivity contribution in [2.75, 3.05) is 23.8 Å². The van der Waals surface area contributed by atoms with Gasteiger partial charge in [-0.25, -0.2) is 0 Å². The Labute approximate surface area is 218 Å². The average Bonchev–Trinajstić information content (AvgIpc) is 3.19. The van der Waals surface area contributed by atoms with Gasteiger partial charge in [0.1, 0.15) is 6.54 Å². The maximum atomic E-state index is 13.1. The lowest BCUT2D eigenvalue weighted by molar-refractivity contribution is -0.116. The predicted molar refractivity (Wildman–Crippen MR) is 150 cm³/mol. The van der Waals surface area contributed by atoms with E-state index in [1.54, 1.807) is 6.20 Å². The zero-order valence-corrected chi connectivity index (χ0v) is 21.8. The van der Waals surface area contributed by atoms with Crippen LogP contribution in [0, 0.1) is 0 Å². The van der Waals surface area contributed by atoms with E-state index < -0.39 is 0 Å². The molecule has 2 unspecified atom stereocenters. The Kier molecular flexibility index (Phi) is 6.26. The number of hydrogen-bond acceptors (Lipinski definition) is 4. The summed E-state index contributed by atoms with van der Waals surface area (Å²) in [6.07, 6.45) is 4.09. The quantitative estimate of drug-likeness (QED) is 0.465. The van der Waals surface area contributed by atoms with Gasteiger partial charge >= 0.3 is 0 Å². The normalized spacial score (nSPS) is 20.4. The lowest BCUT2D eigenvalue weighted by Crippen LogP contribution is -2.42. The van der Waals surface area contributed by atoms with Gasteiger partial charge in [0.2, 0.25) is 5.91 Å². The number of rotatable bonds is 5. The molecule has 0 radical (unpaired) electrons. The van der Waals surface area contributed by atoms with Gasteiger partial charge in [-0.15, -0.1) is 0 Å². The van der Waals surface area contributed by atoms with Gasteiger partial charge in [-0.2, -0.15) is 0 Å². The van der Waals surface area contributed by atoms with Crippen LogP contribution in [-0.2, 0) is 4.79 Å². The molecule has 3 heterocycles. The monoisotopic (exact) mass is 497 g/mol. The summed E-state index contributed by atoms with van der Waals surface area (Å²) >= 11 is 5.76. The Morgan fingerprint density at radius 3 is 2.58 bits per heavy atom. The minimum Gasteiger partial charge on any atom is -0.366 e. The van der Waals surface area contributed by atoms with E-state index >= 15 is 0 Å². The number of pyridine rings is 1. The first-order valence-electron chi connectivity index (χ1n) is 12.2. The number of nitrogens with zero attached hydrogens (tertiary/aromatic N) is 3. The highest BCUT2D eigenvalue weighted by Gasteiger charge is 2.41. The second kappa shape index (κ2) is 9.39. The standard InChI is InChI=1S/C29H31N5OS/c1-19-17-29(2,3)33(4)24-14-13-20(16-22(19)24)27-26(23-12-8-9-15-30-23)32-28(36)34(27)18-25(35)31-21-10-6-5-7-11-21/h5-17,26-27H,18H2,1-4H3,(H,31,35)(H,32,36). The van der Waals surface area contributed by atoms with Crippen molar-refractivity contribution in [2.24, 2.45) is 0 Å². The Bertz CT molecular complexity index is 1320. The second-order valence-corrected chi connectivity index (χ2v) is 10.4. The van der Waals surface area contributed by atoms with E-state index in [-0.39, 0.29) is 30.1 Å². The third-order valence-electron chi connectivity index (χ3n) is 7.15. The van der Waals surface area contributed by atoms with E-state index in [4.69, 9.17) is 12.2 Å². The van der Waals surface area contributed by atoms with E-state index in [2.05, 4.69) is 72.6 Å². The molecule has 3 aromatic rings. The molecule has 7 heteroatoms. The third-order valence-corrected chi connectivity index (χ3v) is 7.50. The van der Waals surface area contributed by atoms with Crippen molar-refractivity contribution < 1.29 is 4.79 Å². The van der Waals surface area contributed by atoms with Gasteiger partial charge in [0.25, 0.3) is 0 Å². The molecule has 0 aliphatic carbocycles. The van der Waals surface area contributed by atoms with Crippen LogP contribution >= 0.6 is 12.2 Å². The molecule has 5 rings (SSSR count). The molecule has 1 saturated heterocycles. The van der Waals surface area contributed by atoms with E-state index in [1.807, 2.05) is 53.4 Å². The van der Waals surface area contributed by atoms with Crippen molar-refractivity contribution >= 4 is 40.2 Å². The molecule has 1 aromatic heterocycles. The van der Waals surface area contributed by atoms with Crippen LogP contribution in [0.3, 0.4) is 0 Å². The van der Waals surface area contributed by atoms with Crippen molar-refractivity contribution in [2.45, 2.75) is 38.4 Å². The van der Waals surface area contributed by atoms with Crippen LogP contribution in [0.5, 0.6) is 0 Å². The maximum absolute atomic E-state index is 13.1. The van der Waals surface area contributed by atoms with Crippen molar-refractivity contribution in [3.05, 3.63) is 95.8 Å². The number of amides is 1. The zero-order valence-electron chi connectivity index (χ0n) is 21.0. The number of carbonyl (C=O) groups is 1. The van der Waals surface area contributed by atoms with Crippen LogP contribution in [0.15, 0.2) is 79.0 Å². The lowest BCUT2D eigenvalue weighted by Gasteiger charge is -2.41. The van der Waals surface area contributed by atoms with Crippen molar-refractivity contribution in [3.8, 4) is 0 Å². The van der Waals surface area contributed by atoms with Gasteiger partial charge in [0.05, 0.1) is 23.3 Å². The number of fused-ring (bicyclic) bond motifs is 1. The number of benzene rings is 2. The van der Waals surface area contributed by atoms with Gasteiger partial charge in [-0.05, 0) is 80.5 Å². The second-order valence-electron chi connectivity index (χ2n) is 9.99. The minimum atomic E-state index is -0.188. The Hall–Kier alpha value is -3.71. The summed E-state index contributed by atoms with van der Waals surface area (Å²) < 4.78 is 0. The number of para-hydroxylation sites is 1. The van der Waals surface area contributed by atoms with Gasteiger partial charge in [-0.3, -0.25) is 9.78 Å². The molecule has 2 aliphatic heterocycles. The summed E-state index contributed by atoms with van der Waals surface area (Å²) in [4.78, 5) is 22.0. The molecule has 36 heavy (non-hydrogen) atoms. The SMILES string of the molecule is CC1=CC(C)(C)N(C)c2ccc(C3C(c4ccccn4)NC(=S)N3CC(=O)Nc3ccccc3)cc21.